The molecule has 0 nitrogen and oxygen atoms in total. The van der Waals surface area contributed by atoms with Gasteiger partial charge in [-0.05, 0) is 52.3 Å². The highest BCUT2D eigenvalue weighted by Crippen LogP contribution is 2.36. The lowest BCUT2D eigenvalue weighted by Gasteiger charge is -2.30. The van der Waals surface area contributed by atoms with Crippen molar-refractivity contribution in [3.05, 3.63) is 34.4 Å². The predicted octanol–water partition coefficient (Wildman–Crippen LogP) is 6.10. The molecule has 0 spiro atoms. The summed E-state index contributed by atoms with van der Waals surface area (Å²) in [5, 5.41) is 0. The van der Waals surface area contributed by atoms with Gasteiger partial charge in [-0.1, -0.05) is 67.5 Å². The number of hydrogen-bond acceptors (Lipinski definition) is 0. The molecule has 108 valence electrons. The Morgan fingerprint density at radius 2 is 1.26 bits per heavy atom. The summed E-state index contributed by atoms with van der Waals surface area (Å²) in [5.41, 5.74) is 6.43. The van der Waals surface area contributed by atoms with Crippen molar-refractivity contribution in [2.24, 2.45) is 0 Å². The van der Waals surface area contributed by atoms with Gasteiger partial charge in [0.2, 0.25) is 0 Å². The van der Waals surface area contributed by atoms with Gasteiger partial charge in [0.05, 0.1) is 0 Å². The molecule has 0 heterocycles. The summed E-state index contributed by atoms with van der Waals surface area (Å²) in [5.74, 6) is 0.641. The first-order valence-electron chi connectivity index (χ1n) is 7.64. The first kappa shape index (κ1) is 16.3. The van der Waals surface area contributed by atoms with E-state index in [1.807, 2.05) is 0 Å². The molecule has 0 amide bonds. The van der Waals surface area contributed by atoms with Crippen molar-refractivity contribution in [3.8, 4) is 0 Å². The summed E-state index contributed by atoms with van der Waals surface area (Å²) in [4.78, 5) is 0. The maximum absolute atomic E-state index is 2.44. The lowest BCUT2D eigenvalue weighted by atomic mass is 9.74. The summed E-state index contributed by atoms with van der Waals surface area (Å²) < 4.78 is 0. The molecule has 1 aromatic carbocycles. The quantitative estimate of drug-likeness (QED) is 0.602. The van der Waals surface area contributed by atoms with Crippen LogP contribution in [0, 0.1) is 6.92 Å². The van der Waals surface area contributed by atoms with E-state index in [0.29, 0.717) is 5.92 Å². The number of rotatable bonds is 2. The van der Waals surface area contributed by atoms with Gasteiger partial charge in [0.15, 0.2) is 0 Å². The van der Waals surface area contributed by atoms with Crippen molar-refractivity contribution < 1.29 is 0 Å². The Labute approximate surface area is 120 Å². The van der Waals surface area contributed by atoms with Crippen molar-refractivity contribution in [3.63, 3.8) is 0 Å². The molecule has 1 atom stereocenters. The van der Waals surface area contributed by atoms with Gasteiger partial charge in [-0.25, -0.2) is 0 Å². The van der Waals surface area contributed by atoms with Crippen LogP contribution in [0.2, 0.25) is 0 Å². The summed E-state index contributed by atoms with van der Waals surface area (Å²) in [6, 6.07) is 4.89. The minimum absolute atomic E-state index is 0.216. The zero-order valence-electron chi connectivity index (χ0n) is 14.4. The van der Waals surface area contributed by atoms with Gasteiger partial charge in [-0.3, -0.25) is 0 Å². The Morgan fingerprint density at radius 3 is 1.53 bits per heavy atom. The van der Waals surface area contributed by atoms with Gasteiger partial charge in [0, 0.05) is 0 Å². The zero-order valence-corrected chi connectivity index (χ0v) is 14.4. The molecule has 19 heavy (non-hydrogen) atoms. The third kappa shape index (κ3) is 3.61. The van der Waals surface area contributed by atoms with E-state index in [2.05, 4.69) is 74.4 Å². The second-order valence-electron chi connectivity index (χ2n) is 8.05. The largest absolute Gasteiger partial charge is 0.0648 e. The molecule has 0 aliphatic carbocycles. The summed E-state index contributed by atoms with van der Waals surface area (Å²) in [7, 11) is 0. The molecule has 1 rings (SSSR count). The van der Waals surface area contributed by atoms with E-state index in [1.54, 1.807) is 0 Å². The molecule has 0 heteroatoms. The smallest absolute Gasteiger partial charge is 0.0129 e. The van der Waals surface area contributed by atoms with Crippen molar-refractivity contribution in [1.29, 1.82) is 0 Å². The van der Waals surface area contributed by atoms with Crippen LogP contribution in [0.5, 0.6) is 0 Å². The molecule has 0 fully saturated rings. The normalized spacial score (nSPS) is 14.6. The molecule has 0 N–H and O–H groups in total. The van der Waals surface area contributed by atoms with Crippen LogP contribution in [0.4, 0.5) is 0 Å². The maximum Gasteiger partial charge on any atom is -0.0129 e. The van der Waals surface area contributed by atoms with Crippen molar-refractivity contribution in [1.82, 2.24) is 0 Å². The molecule has 0 aromatic heterocycles. The van der Waals surface area contributed by atoms with Crippen LogP contribution in [-0.2, 0) is 10.8 Å². The van der Waals surface area contributed by atoms with Crippen molar-refractivity contribution in [2.75, 3.05) is 0 Å². The lowest BCUT2D eigenvalue weighted by Crippen LogP contribution is -2.20. The van der Waals surface area contributed by atoms with Gasteiger partial charge in [0.25, 0.3) is 0 Å². The first-order valence-corrected chi connectivity index (χ1v) is 7.64. The Bertz CT molecular complexity index is 403. The zero-order chi connectivity index (χ0) is 15.0. The minimum Gasteiger partial charge on any atom is -0.0648 e. The summed E-state index contributed by atoms with van der Waals surface area (Å²) in [6.45, 7) is 20.8. The third-order valence-electron chi connectivity index (χ3n) is 4.23. The lowest BCUT2D eigenvalue weighted by molar-refractivity contribution is 0.556. The van der Waals surface area contributed by atoms with Crippen LogP contribution in [0.3, 0.4) is 0 Å². The Balaban J connectivity index is 3.57. The van der Waals surface area contributed by atoms with Crippen LogP contribution in [0.15, 0.2) is 12.1 Å². The molecule has 0 saturated carbocycles. The van der Waals surface area contributed by atoms with Gasteiger partial charge in [0.1, 0.15) is 0 Å². The van der Waals surface area contributed by atoms with Gasteiger partial charge < -0.3 is 0 Å². The highest BCUT2D eigenvalue weighted by molar-refractivity contribution is 5.45. The topological polar surface area (TPSA) is 0 Å². The Kier molecular flexibility index (Phi) is 4.55. The SMILES string of the molecule is CCC(C)c1cc(C(C)(C)C)c(C)c(C(C)(C)C)c1. The van der Waals surface area contributed by atoms with E-state index in [1.165, 1.54) is 28.7 Å². The Morgan fingerprint density at radius 1 is 0.895 bits per heavy atom. The molecule has 0 aliphatic rings. The molecule has 1 aromatic rings. The highest BCUT2D eigenvalue weighted by Gasteiger charge is 2.25. The fourth-order valence-corrected chi connectivity index (χ4v) is 2.81. The fraction of sp³-hybridized carbons (Fsp3) is 0.684. The van der Waals surface area contributed by atoms with Crippen LogP contribution < -0.4 is 0 Å². The summed E-state index contributed by atoms with van der Waals surface area (Å²) >= 11 is 0. The number of hydrogen-bond donors (Lipinski definition) is 0. The van der Waals surface area contributed by atoms with E-state index in [4.69, 9.17) is 0 Å². The van der Waals surface area contributed by atoms with Gasteiger partial charge >= 0.3 is 0 Å². The molecule has 0 saturated heterocycles. The fourth-order valence-electron chi connectivity index (χ4n) is 2.81. The van der Waals surface area contributed by atoms with Crippen LogP contribution in [-0.4, -0.2) is 0 Å². The Hall–Kier alpha value is -0.780. The second kappa shape index (κ2) is 5.31. The molecular formula is C19H32. The monoisotopic (exact) mass is 260 g/mol. The van der Waals surface area contributed by atoms with E-state index in [-0.39, 0.29) is 10.8 Å². The van der Waals surface area contributed by atoms with Gasteiger partial charge in [-0.15, -0.1) is 0 Å². The maximum atomic E-state index is 2.44. The molecule has 0 radical (unpaired) electrons. The van der Waals surface area contributed by atoms with Crippen LogP contribution in [0.25, 0.3) is 0 Å². The molecular weight excluding hydrogens is 228 g/mol. The van der Waals surface area contributed by atoms with Gasteiger partial charge in [-0.2, -0.15) is 0 Å². The minimum atomic E-state index is 0.216. The van der Waals surface area contributed by atoms with E-state index in [9.17, 15) is 0 Å². The average molecular weight is 260 g/mol. The summed E-state index contributed by atoms with van der Waals surface area (Å²) in [6.07, 6.45) is 1.20. The molecule has 0 bridgehead atoms. The molecule has 0 aliphatic heterocycles. The first-order chi connectivity index (χ1) is 8.48. The van der Waals surface area contributed by atoms with E-state index < -0.39 is 0 Å². The average Bonchev–Trinajstić information content (AvgIpc) is 2.25. The van der Waals surface area contributed by atoms with Crippen LogP contribution >= 0.6 is 0 Å². The van der Waals surface area contributed by atoms with E-state index >= 15 is 0 Å². The number of benzene rings is 1. The van der Waals surface area contributed by atoms with Crippen molar-refractivity contribution in [2.45, 2.75) is 85.5 Å². The molecule has 1 unspecified atom stereocenters. The second-order valence-corrected chi connectivity index (χ2v) is 8.05. The van der Waals surface area contributed by atoms with Crippen molar-refractivity contribution >= 4 is 0 Å². The third-order valence-corrected chi connectivity index (χ3v) is 4.23. The van der Waals surface area contributed by atoms with E-state index in [0.717, 1.165) is 0 Å². The van der Waals surface area contributed by atoms with Crippen LogP contribution in [0.1, 0.15) is 90.0 Å². The standard InChI is InChI=1S/C19H32/c1-10-13(2)15-11-16(18(4,5)6)14(3)17(12-15)19(7,8)9/h11-13H,10H2,1-9H3. The highest BCUT2D eigenvalue weighted by atomic mass is 14.3. The predicted molar refractivity (Wildman–Crippen MR) is 87.3 cm³/mol.